The van der Waals surface area contributed by atoms with Gasteiger partial charge in [0.25, 0.3) is 5.91 Å². The lowest BCUT2D eigenvalue weighted by Gasteiger charge is -2.14. The Morgan fingerprint density at radius 2 is 2.09 bits per heavy atom. The number of hydrogen-bond donors (Lipinski definition) is 2. The van der Waals surface area contributed by atoms with Gasteiger partial charge in [0.05, 0.1) is 17.5 Å². The molecule has 3 rings (SSSR count). The molecule has 0 aliphatic carbocycles. The molecule has 120 valence electrons. The molecule has 7 nitrogen and oxygen atoms in total. The van der Waals surface area contributed by atoms with Crippen LogP contribution in [0.25, 0.3) is 5.69 Å². The molecule has 1 fully saturated rings. The van der Waals surface area contributed by atoms with Gasteiger partial charge < -0.3 is 15.2 Å². The van der Waals surface area contributed by atoms with Gasteiger partial charge in [-0.1, -0.05) is 12.1 Å². The van der Waals surface area contributed by atoms with E-state index in [-0.39, 0.29) is 17.7 Å². The minimum atomic E-state index is -1.10. The minimum Gasteiger partial charge on any atom is -0.476 e. The molecule has 1 aliphatic rings. The summed E-state index contributed by atoms with van der Waals surface area (Å²) >= 11 is 0. The van der Waals surface area contributed by atoms with Crippen molar-refractivity contribution >= 4 is 17.6 Å². The topological polar surface area (TPSA) is 93.5 Å². The SMILES string of the molecule is CC1CCC(C(=O)Nc2ccccc2-n2ccc(C(=O)O)n2)O1. The summed E-state index contributed by atoms with van der Waals surface area (Å²) < 4.78 is 6.99. The highest BCUT2D eigenvalue weighted by atomic mass is 16.5. The average molecular weight is 315 g/mol. The van der Waals surface area contributed by atoms with E-state index in [2.05, 4.69) is 10.4 Å². The third kappa shape index (κ3) is 3.24. The highest BCUT2D eigenvalue weighted by Crippen LogP contribution is 2.23. The van der Waals surface area contributed by atoms with Gasteiger partial charge in [-0.3, -0.25) is 4.79 Å². The Morgan fingerprint density at radius 3 is 2.74 bits per heavy atom. The van der Waals surface area contributed by atoms with E-state index in [1.165, 1.54) is 10.7 Å². The summed E-state index contributed by atoms with van der Waals surface area (Å²) in [5.74, 6) is -1.30. The second-order valence-corrected chi connectivity index (χ2v) is 5.47. The van der Waals surface area contributed by atoms with E-state index in [1.807, 2.05) is 6.92 Å². The molecule has 2 atom stereocenters. The van der Waals surface area contributed by atoms with Gasteiger partial charge in [-0.25, -0.2) is 9.48 Å². The zero-order valence-corrected chi connectivity index (χ0v) is 12.6. The lowest BCUT2D eigenvalue weighted by Crippen LogP contribution is -2.28. The van der Waals surface area contributed by atoms with Crippen LogP contribution in [0.3, 0.4) is 0 Å². The summed E-state index contributed by atoms with van der Waals surface area (Å²) in [6, 6.07) is 8.49. The average Bonchev–Trinajstić information content (AvgIpc) is 3.17. The molecular weight excluding hydrogens is 298 g/mol. The van der Waals surface area contributed by atoms with Gasteiger partial charge in [0.15, 0.2) is 5.69 Å². The van der Waals surface area contributed by atoms with E-state index in [0.717, 1.165) is 6.42 Å². The van der Waals surface area contributed by atoms with Crippen molar-refractivity contribution in [1.82, 2.24) is 9.78 Å². The Hall–Kier alpha value is -2.67. The zero-order valence-electron chi connectivity index (χ0n) is 12.6. The van der Waals surface area contributed by atoms with Crippen LogP contribution < -0.4 is 5.32 Å². The van der Waals surface area contributed by atoms with Crippen LogP contribution in [-0.4, -0.2) is 39.0 Å². The van der Waals surface area contributed by atoms with Crippen LogP contribution >= 0.6 is 0 Å². The van der Waals surface area contributed by atoms with Crippen LogP contribution in [-0.2, 0) is 9.53 Å². The number of nitrogens with zero attached hydrogens (tertiary/aromatic N) is 2. The Morgan fingerprint density at radius 1 is 1.30 bits per heavy atom. The number of carboxylic acids is 1. The number of hydrogen-bond acceptors (Lipinski definition) is 4. The first-order valence-corrected chi connectivity index (χ1v) is 7.39. The lowest BCUT2D eigenvalue weighted by molar-refractivity contribution is -0.126. The number of benzene rings is 1. The second-order valence-electron chi connectivity index (χ2n) is 5.47. The largest absolute Gasteiger partial charge is 0.476 e. The summed E-state index contributed by atoms with van der Waals surface area (Å²) in [6.07, 6.45) is 2.74. The number of amides is 1. The van der Waals surface area contributed by atoms with Crippen LogP contribution in [0.5, 0.6) is 0 Å². The molecule has 1 saturated heterocycles. The smallest absolute Gasteiger partial charge is 0.356 e. The molecule has 23 heavy (non-hydrogen) atoms. The maximum absolute atomic E-state index is 12.3. The van der Waals surface area contributed by atoms with Crippen molar-refractivity contribution in [2.24, 2.45) is 0 Å². The van der Waals surface area contributed by atoms with E-state index in [9.17, 15) is 9.59 Å². The number of aromatic carboxylic acids is 1. The first kappa shape index (κ1) is 15.2. The van der Waals surface area contributed by atoms with Gasteiger partial charge in [-0.2, -0.15) is 5.10 Å². The first-order valence-electron chi connectivity index (χ1n) is 7.39. The van der Waals surface area contributed by atoms with Crippen molar-refractivity contribution in [2.75, 3.05) is 5.32 Å². The van der Waals surface area contributed by atoms with E-state index >= 15 is 0 Å². The Balaban J connectivity index is 1.83. The molecule has 2 aromatic rings. The summed E-state index contributed by atoms with van der Waals surface area (Å²) in [4.78, 5) is 23.2. The molecule has 2 heterocycles. The van der Waals surface area contributed by atoms with Crippen LogP contribution in [0, 0.1) is 0 Å². The van der Waals surface area contributed by atoms with Gasteiger partial charge in [-0.05, 0) is 38.0 Å². The van der Waals surface area contributed by atoms with Crippen LogP contribution in [0.15, 0.2) is 36.5 Å². The van der Waals surface area contributed by atoms with E-state index in [1.54, 1.807) is 30.5 Å². The fourth-order valence-corrected chi connectivity index (χ4v) is 2.56. The second kappa shape index (κ2) is 6.21. The maximum Gasteiger partial charge on any atom is 0.356 e. The van der Waals surface area contributed by atoms with Gasteiger partial charge in [0.1, 0.15) is 6.10 Å². The van der Waals surface area contributed by atoms with Gasteiger partial charge in [0, 0.05) is 6.20 Å². The molecular formula is C16H17N3O4. The number of carboxylic acid groups (broad SMARTS) is 1. The number of anilines is 1. The summed E-state index contributed by atoms with van der Waals surface area (Å²) in [7, 11) is 0. The Kier molecular flexibility index (Phi) is 4.12. The molecule has 1 amide bonds. The fraction of sp³-hybridized carbons (Fsp3) is 0.312. The lowest BCUT2D eigenvalue weighted by atomic mass is 10.2. The molecule has 2 N–H and O–H groups in total. The quantitative estimate of drug-likeness (QED) is 0.901. The van der Waals surface area contributed by atoms with Crippen molar-refractivity contribution < 1.29 is 19.4 Å². The standard InChI is InChI=1S/C16H17N3O4/c1-10-6-7-14(23-10)15(20)17-11-4-2-3-5-13(11)19-9-8-12(18-19)16(21)22/h2-5,8-10,14H,6-7H2,1H3,(H,17,20)(H,21,22). The van der Waals surface area contributed by atoms with Crippen molar-refractivity contribution in [3.63, 3.8) is 0 Å². The third-order valence-electron chi connectivity index (χ3n) is 3.74. The molecule has 1 aromatic heterocycles. The van der Waals surface area contributed by atoms with Crippen molar-refractivity contribution in [3.8, 4) is 5.69 Å². The minimum absolute atomic E-state index is 0.0564. The Labute approximate surface area is 132 Å². The van der Waals surface area contributed by atoms with E-state index in [0.29, 0.717) is 17.8 Å². The normalized spacial score (nSPS) is 20.4. The van der Waals surface area contributed by atoms with Gasteiger partial charge in [-0.15, -0.1) is 0 Å². The number of aromatic nitrogens is 2. The van der Waals surface area contributed by atoms with Gasteiger partial charge >= 0.3 is 5.97 Å². The predicted octanol–water partition coefficient (Wildman–Crippen LogP) is 2.08. The van der Waals surface area contributed by atoms with Crippen LogP contribution in [0.4, 0.5) is 5.69 Å². The first-order chi connectivity index (χ1) is 11.0. The molecule has 7 heteroatoms. The number of carbonyl (C=O) groups excluding carboxylic acids is 1. The number of para-hydroxylation sites is 2. The summed E-state index contributed by atoms with van der Waals surface area (Å²) in [5, 5.41) is 15.8. The van der Waals surface area contributed by atoms with Crippen molar-refractivity contribution in [3.05, 3.63) is 42.2 Å². The predicted molar refractivity (Wildman–Crippen MR) is 82.7 cm³/mol. The van der Waals surface area contributed by atoms with Crippen LogP contribution in [0.1, 0.15) is 30.3 Å². The highest BCUT2D eigenvalue weighted by Gasteiger charge is 2.28. The van der Waals surface area contributed by atoms with E-state index < -0.39 is 12.1 Å². The van der Waals surface area contributed by atoms with Crippen molar-refractivity contribution in [2.45, 2.75) is 32.0 Å². The number of nitrogens with one attached hydrogen (secondary N) is 1. The highest BCUT2D eigenvalue weighted by molar-refractivity contribution is 5.96. The van der Waals surface area contributed by atoms with Crippen LogP contribution in [0.2, 0.25) is 0 Å². The monoisotopic (exact) mass is 315 g/mol. The molecule has 0 radical (unpaired) electrons. The molecule has 0 saturated carbocycles. The summed E-state index contributed by atoms with van der Waals surface area (Å²) in [5.41, 5.74) is 1.10. The summed E-state index contributed by atoms with van der Waals surface area (Å²) in [6.45, 7) is 1.94. The maximum atomic E-state index is 12.3. The number of rotatable bonds is 4. The molecule has 2 unspecified atom stereocenters. The molecule has 1 aliphatic heterocycles. The molecule has 1 aromatic carbocycles. The fourth-order valence-electron chi connectivity index (χ4n) is 2.56. The third-order valence-corrected chi connectivity index (χ3v) is 3.74. The number of carbonyl (C=O) groups is 2. The molecule has 0 spiro atoms. The molecule has 0 bridgehead atoms. The Bertz CT molecular complexity index is 740. The van der Waals surface area contributed by atoms with Crippen molar-refractivity contribution in [1.29, 1.82) is 0 Å². The number of ether oxygens (including phenoxy) is 1. The zero-order chi connectivity index (χ0) is 16.4. The van der Waals surface area contributed by atoms with Gasteiger partial charge in [0.2, 0.25) is 0 Å². The van der Waals surface area contributed by atoms with E-state index in [4.69, 9.17) is 9.84 Å².